The van der Waals surface area contributed by atoms with Gasteiger partial charge in [0.1, 0.15) is 0 Å². The Bertz CT molecular complexity index is 368. The molecule has 6 nitrogen and oxygen atoms in total. The van der Waals surface area contributed by atoms with Crippen LogP contribution in [0, 0.1) is 0 Å². The molecule has 0 aliphatic heterocycles. The molecule has 1 amide bonds. The van der Waals surface area contributed by atoms with Gasteiger partial charge >= 0.3 is 0 Å². The molecule has 0 aliphatic rings. The van der Waals surface area contributed by atoms with Crippen molar-refractivity contribution in [2.75, 3.05) is 18.6 Å². The Morgan fingerprint density at radius 2 is 2.35 bits per heavy atom. The molecule has 0 saturated heterocycles. The third-order valence-corrected chi connectivity index (χ3v) is 2.06. The second-order valence-electron chi connectivity index (χ2n) is 3.74. The van der Waals surface area contributed by atoms with Gasteiger partial charge in [-0.15, -0.1) is 0 Å². The van der Waals surface area contributed by atoms with Gasteiger partial charge in [0.2, 0.25) is 0 Å². The van der Waals surface area contributed by atoms with Crippen molar-refractivity contribution in [3.63, 3.8) is 0 Å². The molecule has 0 fully saturated rings. The van der Waals surface area contributed by atoms with Crippen molar-refractivity contribution in [1.29, 1.82) is 0 Å². The number of nitrogens with zero attached hydrogens (tertiary/aromatic N) is 1. The molecule has 0 atom stereocenters. The Morgan fingerprint density at radius 3 is 3.00 bits per heavy atom. The van der Waals surface area contributed by atoms with Crippen LogP contribution in [0.5, 0.6) is 0 Å². The van der Waals surface area contributed by atoms with E-state index in [2.05, 4.69) is 15.7 Å². The van der Waals surface area contributed by atoms with Crippen molar-refractivity contribution in [1.82, 2.24) is 10.3 Å². The van der Waals surface area contributed by atoms with Crippen LogP contribution in [0.2, 0.25) is 0 Å². The minimum atomic E-state index is -0.201. The maximum absolute atomic E-state index is 11.8. The summed E-state index contributed by atoms with van der Waals surface area (Å²) in [6, 6.07) is 1.60. The summed E-state index contributed by atoms with van der Waals surface area (Å²) >= 11 is 0. The molecule has 0 spiro atoms. The Hall–Kier alpha value is -1.66. The van der Waals surface area contributed by atoms with Gasteiger partial charge in [-0.25, -0.2) is 0 Å². The number of carbonyl (C=O) groups is 1. The number of rotatable bonds is 6. The third kappa shape index (κ3) is 4.38. The van der Waals surface area contributed by atoms with Gasteiger partial charge in [-0.1, -0.05) is 0 Å². The number of hydrogen-bond acceptors (Lipinski definition) is 5. The minimum absolute atomic E-state index is 0.161. The molecule has 0 aliphatic carbocycles. The van der Waals surface area contributed by atoms with E-state index >= 15 is 0 Å². The van der Waals surface area contributed by atoms with E-state index < -0.39 is 0 Å². The average molecular weight is 238 g/mol. The number of carbonyl (C=O) groups excluding carboxylic acids is 1. The standard InChI is InChI=1S/C11H18N4O2/c1-8(2)17-6-5-14-11(16)9-3-4-13-7-10(9)15-12/h3-4,7-8,15H,5-6,12H2,1-2H3,(H,14,16). The van der Waals surface area contributed by atoms with Gasteiger partial charge < -0.3 is 15.5 Å². The summed E-state index contributed by atoms with van der Waals surface area (Å²) in [6.07, 6.45) is 3.20. The molecule has 0 unspecified atom stereocenters. The highest BCUT2D eigenvalue weighted by molar-refractivity contribution is 5.99. The normalized spacial score (nSPS) is 10.4. The maximum atomic E-state index is 11.8. The van der Waals surface area contributed by atoms with Gasteiger partial charge in [-0.05, 0) is 19.9 Å². The first kappa shape index (κ1) is 13.4. The predicted molar refractivity (Wildman–Crippen MR) is 65.5 cm³/mol. The number of nitrogens with two attached hydrogens (primary N) is 1. The highest BCUT2D eigenvalue weighted by Crippen LogP contribution is 2.10. The monoisotopic (exact) mass is 238 g/mol. The summed E-state index contributed by atoms with van der Waals surface area (Å²) in [7, 11) is 0. The fourth-order valence-electron chi connectivity index (χ4n) is 1.26. The summed E-state index contributed by atoms with van der Waals surface area (Å²) in [5.41, 5.74) is 3.39. The van der Waals surface area contributed by atoms with Crippen molar-refractivity contribution in [3.05, 3.63) is 24.0 Å². The molecule has 1 aromatic rings. The summed E-state index contributed by atoms with van der Waals surface area (Å²) in [6.45, 7) is 4.84. The maximum Gasteiger partial charge on any atom is 0.253 e. The lowest BCUT2D eigenvalue weighted by molar-refractivity contribution is 0.0747. The summed E-state index contributed by atoms with van der Waals surface area (Å²) < 4.78 is 5.32. The molecule has 0 saturated carbocycles. The lowest BCUT2D eigenvalue weighted by Gasteiger charge is -2.10. The molecule has 1 rings (SSSR count). The SMILES string of the molecule is CC(C)OCCNC(=O)c1ccncc1NN. The Kier molecular flexibility index (Phi) is 5.38. The van der Waals surface area contributed by atoms with Crippen LogP contribution < -0.4 is 16.6 Å². The Balaban J connectivity index is 2.47. The number of anilines is 1. The van der Waals surface area contributed by atoms with Crippen LogP contribution in [0.1, 0.15) is 24.2 Å². The van der Waals surface area contributed by atoms with Crippen LogP contribution in [0.3, 0.4) is 0 Å². The van der Waals surface area contributed by atoms with Crippen molar-refractivity contribution < 1.29 is 9.53 Å². The summed E-state index contributed by atoms with van der Waals surface area (Å²) in [4.78, 5) is 15.7. The fourth-order valence-corrected chi connectivity index (χ4v) is 1.26. The van der Waals surface area contributed by atoms with E-state index in [-0.39, 0.29) is 12.0 Å². The number of hydrazine groups is 1. The van der Waals surface area contributed by atoms with Crippen molar-refractivity contribution in [2.24, 2.45) is 5.84 Å². The zero-order valence-electron chi connectivity index (χ0n) is 10.1. The Labute approximate surface area is 101 Å². The first-order chi connectivity index (χ1) is 8.15. The summed E-state index contributed by atoms with van der Waals surface area (Å²) in [5, 5.41) is 2.74. The number of amides is 1. The van der Waals surface area contributed by atoms with Gasteiger partial charge in [0.15, 0.2) is 0 Å². The molecule has 0 aromatic carbocycles. The number of pyridine rings is 1. The molecule has 0 bridgehead atoms. The number of aromatic nitrogens is 1. The topological polar surface area (TPSA) is 89.3 Å². The molecular weight excluding hydrogens is 220 g/mol. The van der Waals surface area contributed by atoms with E-state index in [1.165, 1.54) is 6.20 Å². The van der Waals surface area contributed by atoms with Crippen LogP contribution >= 0.6 is 0 Å². The Morgan fingerprint density at radius 1 is 1.59 bits per heavy atom. The number of nitrogens with one attached hydrogen (secondary N) is 2. The highest BCUT2D eigenvalue weighted by atomic mass is 16.5. The third-order valence-electron chi connectivity index (χ3n) is 2.06. The van der Waals surface area contributed by atoms with Crippen LogP contribution in [-0.2, 0) is 4.74 Å². The van der Waals surface area contributed by atoms with E-state index in [1.54, 1.807) is 12.3 Å². The van der Waals surface area contributed by atoms with Crippen LogP contribution in [0.25, 0.3) is 0 Å². The van der Waals surface area contributed by atoms with Crippen LogP contribution in [0.4, 0.5) is 5.69 Å². The van der Waals surface area contributed by atoms with Gasteiger partial charge in [0.05, 0.1) is 30.2 Å². The highest BCUT2D eigenvalue weighted by Gasteiger charge is 2.09. The molecule has 1 aromatic heterocycles. The lowest BCUT2D eigenvalue weighted by atomic mass is 10.2. The molecule has 4 N–H and O–H groups in total. The minimum Gasteiger partial charge on any atom is -0.377 e. The largest absolute Gasteiger partial charge is 0.377 e. The van der Waals surface area contributed by atoms with Crippen LogP contribution in [0.15, 0.2) is 18.5 Å². The van der Waals surface area contributed by atoms with Crippen molar-refractivity contribution in [2.45, 2.75) is 20.0 Å². The lowest BCUT2D eigenvalue weighted by Crippen LogP contribution is -2.29. The van der Waals surface area contributed by atoms with E-state index in [1.807, 2.05) is 13.8 Å². The second-order valence-corrected chi connectivity index (χ2v) is 3.74. The smallest absolute Gasteiger partial charge is 0.253 e. The molecule has 1 heterocycles. The zero-order chi connectivity index (χ0) is 12.7. The molecule has 17 heavy (non-hydrogen) atoms. The van der Waals surface area contributed by atoms with E-state index in [4.69, 9.17) is 10.6 Å². The number of ether oxygens (including phenoxy) is 1. The van der Waals surface area contributed by atoms with Gasteiger partial charge in [-0.3, -0.25) is 15.6 Å². The summed E-state index contributed by atoms with van der Waals surface area (Å²) in [5.74, 6) is 5.09. The van der Waals surface area contributed by atoms with Gasteiger partial charge in [-0.2, -0.15) is 0 Å². The van der Waals surface area contributed by atoms with Crippen molar-refractivity contribution in [3.8, 4) is 0 Å². The van der Waals surface area contributed by atoms with E-state index in [9.17, 15) is 4.79 Å². The predicted octanol–water partition coefficient (Wildman–Crippen LogP) is 0.522. The second kappa shape index (κ2) is 6.82. The van der Waals surface area contributed by atoms with Gasteiger partial charge in [0, 0.05) is 12.7 Å². The molecule has 94 valence electrons. The first-order valence-corrected chi connectivity index (χ1v) is 5.45. The van der Waals surface area contributed by atoms with E-state index in [0.29, 0.717) is 24.4 Å². The number of nitrogen functional groups attached to an aromatic ring is 1. The molecular formula is C11H18N4O2. The zero-order valence-corrected chi connectivity index (χ0v) is 10.1. The number of hydrogen-bond donors (Lipinski definition) is 3. The van der Waals surface area contributed by atoms with Crippen LogP contribution in [-0.4, -0.2) is 30.1 Å². The van der Waals surface area contributed by atoms with Crippen molar-refractivity contribution >= 4 is 11.6 Å². The van der Waals surface area contributed by atoms with E-state index in [0.717, 1.165) is 0 Å². The average Bonchev–Trinajstić information content (AvgIpc) is 2.34. The first-order valence-electron chi connectivity index (χ1n) is 5.45. The fraction of sp³-hybridized carbons (Fsp3) is 0.455. The molecule has 0 radical (unpaired) electrons. The van der Waals surface area contributed by atoms with Gasteiger partial charge in [0.25, 0.3) is 5.91 Å². The molecule has 6 heteroatoms. The quantitative estimate of drug-likeness (QED) is 0.382.